The molecule has 100 valence electrons. The minimum atomic E-state index is -0.0788. The number of nitrogen functional groups attached to an aromatic ring is 1. The van der Waals surface area contributed by atoms with Crippen LogP contribution < -0.4 is 5.73 Å². The normalized spacial score (nSPS) is 16.2. The van der Waals surface area contributed by atoms with Gasteiger partial charge in [-0.2, -0.15) is 4.98 Å². The number of hydrogen-bond acceptors (Lipinski definition) is 6. The van der Waals surface area contributed by atoms with E-state index < -0.39 is 0 Å². The molecule has 2 aromatic heterocycles. The lowest BCUT2D eigenvalue weighted by atomic mass is 9.95. The molecule has 0 radical (unpaired) electrons. The highest BCUT2D eigenvalue weighted by Crippen LogP contribution is 2.52. The molecule has 1 aliphatic carbocycles. The zero-order valence-corrected chi connectivity index (χ0v) is 11.4. The van der Waals surface area contributed by atoms with E-state index in [1.165, 1.54) is 16.9 Å². The summed E-state index contributed by atoms with van der Waals surface area (Å²) in [5.74, 6) is 1.18. The van der Waals surface area contributed by atoms with E-state index in [0.29, 0.717) is 16.7 Å². The highest BCUT2D eigenvalue weighted by Gasteiger charge is 2.50. The standard InChI is InChI=1S/C14H12N4OS/c15-13-16-10(8-20-13)11-17-12(18-19-11)14(6-7-14)9-4-2-1-3-5-9/h1-5,8H,6-7H2,(H2,15,16). The average molecular weight is 284 g/mol. The Kier molecular flexibility index (Phi) is 2.40. The third-order valence-corrected chi connectivity index (χ3v) is 4.35. The quantitative estimate of drug-likeness (QED) is 0.800. The van der Waals surface area contributed by atoms with Crippen molar-refractivity contribution in [2.24, 2.45) is 0 Å². The molecule has 1 aromatic carbocycles. The first-order valence-corrected chi connectivity index (χ1v) is 7.27. The largest absolute Gasteiger partial charge is 0.375 e. The van der Waals surface area contributed by atoms with Crippen LogP contribution in [-0.4, -0.2) is 15.1 Å². The Bertz CT molecular complexity index is 745. The molecule has 0 aliphatic heterocycles. The molecule has 4 rings (SSSR count). The van der Waals surface area contributed by atoms with E-state index in [4.69, 9.17) is 10.3 Å². The molecule has 0 spiro atoms. The van der Waals surface area contributed by atoms with Crippen molar-refractivity contribution in [1.29, 1.82) is 0 Å². The van der Waals surface area contributed by atoms with Crippen LogP contribution in [0.3, 0.4) is 0 Å². The molecule has 5 nitrogen and oxygen atoms in total. The molecular formula is C14H12N4OS. The predicted octanol–water partition coefficient (Wildman–Crippen LogP) is 2.86. The summed E-state index contributed by atoms with van der Waals surface area (Å²) < 4.78 is 5.34. The van der Waals surface area contributed by atoms with Gasteiger partial charge in [0.25, 0.3) is 5.89 Å². The Balaban J connectivity index is 1.72. The SMILES string of the molecule is Nc1nc(-c2nc(C3(c4ccccc4)CC3)no2)cs1. The Morgan fingerprint density at radius 1 is 1.15 bits per heavy atom. The van der Waals surface area contributed by atoms with Gasteiger partial charge < -0.3 is 10.3 Å². The molecule has 0 unspecified atom stereocenters. The van der Waals surface area contributed by atoms with E-state index in [-0.39, 0.29) is 5.41 Å². The predicted molar refractivity (Wildman–Crippen MR) is 76.3 cm³/mol. The molecule has 20 heavy (non-hydrogen) atoms. The highest BCUT2D eigenvalue weighted by atomic mass is 32.1. The molecule has 0 bridgehead atoms. The lowest BCUT2D eigenvalue weighted by Gasteiger charge is -2.09. The van der Waals surface area contributed by atoms with Crippen LogP contribution in [-0.2, 0) is 5.41 Å². The lowest BCUT2D eigenvalue weighted by molar-refractivity contribution is 0.417. The summed E-state index contributed by atoms with van der Waals surface area (Å²) in [5, 5.41) is 6.48. The van der Waals surface area contributed by atoms with Crippen molar-refractivity contribution < 1.29 is 4.52 Å². The highest BCUT2D eigenvalue weighted by molar-refractivity contribution is 7.13. The van der Waals surface area contributed by atoms with Crippen molar-refractivity contribution in [2.45, 2.75) is 18.3 Å². The van der Waals surface area contributed by atoms with Gasteiger partial charge in [-0.25, -0.2) is 4.98 Å². The van der Waals surface area contributed by atoms with Crippen LogP contribution in [0.2, 0.25) is 0 Å². The molecule has 0 saturated heterocycles. The summed E-state index contributed by atoms with van der Waals surface area (Å²) in [4.78, 5) is 8.68. The van der Waals surface area contributed by atoms with Crippen molar-refractivity contribution >= 4 is 16.5 Å². The van der Waals surface area contributed by atoms with E-state index in [1.54, 1.807) is 0 Å². The van der Waals surface area contributed by atoms with Crippen molar-refractivity contribution in [3.05, 3.63) is 47.1 Å². The molecule has 1 fully saturated rings. The number of nitrogens with two attached hydrogens (primary N) is 1. The molecule has 0 atom stereocenters. The smallest absolute Gasteiger partial charge is 0.277 e. The maximum absolute atomic E-state index is 5.63. The summed E-state index contributed by atoms with van der Waals surface area (Å²) in [5.41, 5.74) is 7.44. The van der Waals surface area contributed by atoms with Crippen LogP contribution in [0.4, 0.5) is 5.13 Å². The molecular weight excluding hydrogens is 272 g/mol. The van der Waals surface area contributed by atoms with Gasteiger partial charge >= 0.3 is 0 Å². The first kappa shape index (κ1) is 11.6. The third kappa shape index (κ3) is 1.72. The van der Waals surface area contributed by atoms with Gasteiger partial charge in [0, 0.05) is 5.38 Å². The van der Waals surface area contributed by atoms with Crippen LogP contribution in [0.1, 0.15) is 24.2 Å². The molecule has 1 saturated carbocycles. The second-order valence-electron chi connectivity index (χ2n) is 4.94. The van der Waals surface area contributed by atoms with E-state index >= 15 is 0 Å². The van der Waals surface area contributed by atoms with Crippen molar-refractivity contribution in [1.82, 2.24) is 15.1 Å². The number of nitrogens with zero attached hydrogens (tertiary/aromatic N) is 3. The Morgan fingerprint density at radius 2 is 1.95 bits per heavy atom. The lowest BCUT2D eigenvalue weighted by Crippen LogP contribution is -2.10. The first-order chi connectivity index (χ1) is 9.78. The maximum atomic E-state index is 5.63. The second kappa shape index (κ2) is 4.14. The average Bonchev–Trinajstić information content (AvgIpc) is 2.93. The summed E-state index contributed by atoms with van der Waals surface area (Å²) in [7, 11) is 0. The fourth-order valence-corrected chi connectivity index (χ4v) is 2.97. The number of rotatable bonds is 3. The Hall–Kier alpha value is -2.21. The minimum Gasteiger partial charge on any atom is -0.375 e. The Labute approximate surface area is 119 Å². The van der Waals surface area contributed by atoms with Crippen LogP contribution in [0.25, 0.3) is 11.6 Å². The van der Waals surface area contributed by atoms with Gasteiger partial charge in [0.15, 0.2) is 11.0 Å². The van der Waals surface area contributed by atoms with Gasteiger partial charge in [-0.3, -0.25) is 0 Å². The van der Waals surface area contributed by atoms with E-state index in [0.717, 1.165) is 18.7 Å². The van der Waals surface area contributed by atoms with Crippen molar-refractivity contribution in [2.75, 3.05) is 5.73 Å². The van der Waals surface area contributed by atoms with Crippen molar-refractivity contribution in [3.8, 4) is 11.6 Å². The number of thiazole rings is 1. The van der Waals surface area contributed by atoms with Gasteiger partial charge in [-0.05, 0) is 18.4 Å². The summed E-state index contributed by atoms with van der Waals surface area (Å²) >= 11 is 1.37. The van der Waals surface area contributed by atoms with Crippen LogP contribution in [0, 0.1) is 0 Å². The number of aromatic nitrogens is 3. The minimum absolute atomic E-state index is 0.0788. The monoisotopic (exact) mass is 284 g/mol. The Morgan fingerprint density at radius 3 is 2.60 bits per heavy atom. The zero-order chi connectivity index (χ0) is 13.6. The topological polar surface area (TPSA) is 77.8 Å². The molecule has 2 N–H and O–H groups in total. The second-order valence-corrected chi connectivity index (χ2v) is 5.83. The molecule has 2 heterocycles. The summed E-state index contributed by atoms with van der Waals surface area (Å²) in [6.07, 6.45) is 2.10. The molecule has 1 aliphatic rings. The van der Waals surface area contributed by atoms with Gasteiger partial charge in [0.1, 0.15) is 5.69 Å². The van der Waals surface area contributed by atoms with E-state index in [1.807, 2.05) is 23.6 Å². The summed E-state index contributed by atoms with van der Waals surface area (Å²) in [6, 6.07) is 10.3. The van der Waals surface area contributed by atoms with Gasteiger partial charge in [-0.1, -0.05) is 35.5 Å². The fraction of sp³-hybridized carbons (Fsp3) is 0.214. The van der Waals surface area contributed by atoms with Crippen LogP contribution >= 0.6 is 11.3 Å². The van der Waals surface area contributed by atoms with Crippen LogP contribution in [0.15, 0.2) is 40.2 Å². The van der Waals surface area contributed by atoms with Gasteiger partial charge in [0.2, 0.25) is 0 Å². The third-order valence-electron chi connectivity index (χ3n) is 3.67. The van der Waals surface area contributed by atoms with Crippen LogP contribution in [0.5, 0.6) is 0 Å². The summed E-state index contributed by atoms with van der Waals surface area (Å²) in [6.45, 7) is 0. The zero-order valence-electron chi connectivity index (χ0n) is 10.6. The molecule has 3 aromatic rings. The molecule has 6 heteroatoms. The maximum Gasteiger partial charge on any atom is 0.277 e. The molecule has 0 amide bonds. The number of anilines is 1. The first-order valence-electron chi connectivity index (χ1n) is 6.39. The van der Waals surface area contributed by atoms with Gasteiger partial charge in [0.05, 0.1) is 5.41 Å². The fourth-order valence-electron chi connectivity index (χ4n) is 2.43. The van der Waals surface area contributed by atoms with E-state index in [2.05, 4.69) is 27.3 Å². The van der Waals surface area contributed by atoms with E-state index in [9.17, 15) is 0 Å². The van der Waals surface area contributed by atoms with Crippen molar-refractivity contribution in [3.63, 3.8) is 0 Å². The number of hydrogen-bond donors (Lipinski definition) is 1. The van der Waals surface area contributed by atoms with Gasteiger partial charge in [-0.15, -0.1) is 11.3 Å². The number of benzene rings is 1.